The lowest BCUT2D eigenvalue weighted by atomic mass is 9.75. The van der Waals surface area contributed by atoms with E-state index < -0.39 is 11.1 Å². The molecule has 13 nitrogen and oxygen atoms in total. The standard InChI is InChI=1S/2C32H38Cl2N4O2.2ClH.H2O/c2*1-5-6-19-37(4)30(39)23-12-15-26(16-13-23)38-20-18-32(35-31(40)36(2)3,25-10-8-7-9-11-25)22-29(38)24-14-17-27(33)28(34)21-24;;;/h2*7-17,21,29H,5-6,18-20,22H2,1-4H3,(H,35,40);2*1H;1H2. The van der Waals surface area contributed by atoms with Gasteiger partial charge in [-0.05, 0) is 134 Å². The highest BCUT2D eigenvalue weighted by atomic mass is 35.5. The van der Waals surface area contributed by atoms with E-state index in [1.807, 2.05) is 135 Å². The molecule has 0 aromatic heterocycles. The zero-order valence-electron chi connectivity index (χ0n) is 48.6. The smallest absolute Gasteiger partial charge is 0.317 e. The Balaban J connectivity index is 0.000000344. The first-order chi connectivity index (χ1) is 38.3. The Hall–Kier alpha value is -5.90. The summed E-state index contributed by atoms with van der Waals surface area (Å²) < 4.78 is 0. The molecule has 0 bridgehead atoms. The molecule has 4 atom stereocenters. The van der Waals surface area contributed by atoms with Gasteiger partial charge in [-0.25, -0.2) is 9.59 Å². The molecule has 6 aromatic rings. The largest absolute Gasteiger partial charge is 0.412 e. The first-order valence-electron chi connectivity index (χ1n) is 27.5. The number of urea groups is 2. The SMILES string of the molecule is CCCCN(C)C(=O)c1ccc(N2CCC(NC(=O)N(C)C)(c3ccccc3)CC2c2ccc(Cl)c(Cl)c2)cc1.CCCCN(C)C(=O)c1ccc(N2CCC(NC(=O)N(C)C)(c3ccccc3)CC2c2ccc(Cl)c(Cl)c2)cc1.Cl.Cl.O. The molecule has 4 unspecified atom stereocenters. The maximum atomic E-state index is 13.0. The number of anilines is 2. The van der Waals surface area contributed by atoms with Crippen LogP contribution in [0.3, 0.4) is 0 Å². The van der Waals surface area contributed by atoms with Crippen molar-refractivity contribution in [2.45, 2.75) is 88.4 Å². The molecular weight excluding hydrogens is 1170 g/mol. The van der Waals surface area contributed by atoms with Crippen molar-refractivity contribution in [2.24, 2.45) is 0 Å². The molecule has 2 heterocycles. The zero-order chi connectivity index (χ0) is 57.7. The molecule has 0 spiro atoms. The minimum absolute atomic E-state index is 0. The van der Waals surface area contributed by atoms with Gasteiger partial charge in [-0.15, -0.1) is 24.8 Å². The second kappa shape index (κ2) is 31.8. The number of halogens is 6. The summed E-state index contributed by atoms with van der Waals surface area (Å²) >= 11 is 25.6. The summed E-state index contributed by atoms with van der Waals surface area (Å²) in [5.41, 5.74) is 6.30. The molecule has 448 valence electrons. The minimum Gasteiger partial charge on any atom is -0.412 e. The van der Waals surface area contributed by atoms with Crippen molar-refractivity contribution in [1.29, 1.82) is 0 Å². The van der Waals surface area contributed by atoms with Crippen molar-refractivity contribution in [3.63, 3.8) is 0 Å². The molecule has 2 aliphatic heterocycles. The fraction of sp³-hybridized carbons (Fsp3) is 0.375. The van der Waals surface area contributed by atoms with Gasteiger partial charge in [0.15, 0.2) is 0 Å². The third-order valence-corrected chi connectivity index (χ3v) is 17.0. The van der Waals surface area contributed by atoms with E-state index in [0.29, 0.717) is 70.0 Å². The van der Waals surface area contributed by atoms with Crippen LogP contribution in [0.1, 0.15) is 120 Å². The third-order valence-electron chi connectivity index (χ3n) is 15.5. The third kappa shape index (κ3) is 17.1. The summed E-state index contributed by atoms with van der Waals surface area (Å²) in [6, 6.07) is 46.9. The van der Waals surface area contributed by atoms with E-state index in [1.54, 1.807) is 47.8 Å². The maximum absolute atomic E-state index is 13.0. The fourth-order valence-electron chi connectivity index (χ4n) is 10.7. The quantitative estimate of drug-likeness (QED) is 0.0988. The van der Waals surface area contributed by atoms with Gasteiger partial charge < -0.3 is 45.5 Å². The topological polar surface area (TPSA) is 143 Å². The maximum Gasteiger partial charge on any atom is 0.317 e. The lowest BCUT2D eigenvalue weighted by Gasteiger charge is -2.49. The van der Waals surface area contributed by atoms with E-state index >= 15 is 0 Å². The number of hydrogen-bond donors (Lipinski definition) is 2. The van der Waals surface area contributed by atoms with Gasteiger partial charge >= 0.3 is 12.1 Å². The van der Waals surface area contributed by atoms with Gasteiger partial charge in [-0.2, -0.15) is 0 Å². The van der Waals surface area contributed by atoms with E-state index in [-0.39, 0.29) is 66.3 Å². The Kier molecular flexibility index (Phi) is 26.7. The molecule has 2 fully saturated rings. The molecule has 8 rings (SSSR count). The van der Waals surface area contributed by atoms with Gasteiger partial charge in [0.1, 0.15) is 0 Å². The Morgan fingerprint density at radius 1 is 0.494 bits per heavy atom. The Morgan fingerprint density at radius 3 is 1.13 bits per heavy atom. The molecule has 2 saturated heterocycles. The zero-order valence-corrected chi connectivity index (χ0v) is 53.3. The highest BCUT2D eigenvalue weighted by molar-refractivity contribution is 6.42. The van der Waals surface area contributed by atoms with Gasteiger partial charge in [-0.3, -0.25) is 9.59 Å². The summed E-state index contributed by atoms with van der Waals surface area (Å²) in [6.07, 6.45) is 6.69. The highest BCUT2D eigenvalue weighted by Crippen LogP contribution is 2.47. The lowest BCUT2D eigenvalue weighted by molar-refractivity contribution is 0.0786. The van der Waals surface area contributed by atoms with Crippen LogP contribution in [0.5, 0.6) is 0 Å². The van der Waals surface area contributed by atoms with Crippen LogP contribution >= 0.6 is 71.2 Å². The van der Waals surface area contributed by atoms with Crippen molar-refractivity contribution < 1.29 is 24.7 Å². The Labute approximate surface area is 523 Å². The van der Waals surface area contributed by atoms with Gasteiger partial charge in [-0.1, -0.05) is 146 Å². The average molecular weight is 1250 g/mol. The summed E-state index contributed by atoms with van der Waals surface area (Å²) in [7, 11) is 10.7. The van der Waals surface area contributed by atoms with E-state index in [0.717, 1.165) is 72.4 Å². The van der Waals surface area contributed by atoms with Crippen LogP contribution in [0.2, 0.25) is 20.1 Å². The van der Waals surface area contributed by atoms with Crippen LogP contribution in [-0.4, -0.2) is 117 Å². The van der Waals surface area contributed by atoms with Gasteiger partial charge in [0, 0.05) is 91.0 Å². The predicted octanol–water partition coefficient (Wildman–Crippen LogP) is 14.8. The van der Waals surface area contributed by atoms with Crippen LogP contribution in [0.15, 0.2) is 146 Å². The van der Waals surface area contributed by atoms with Crippen LogP contribution in [0, 0.1) is 0 Å². The summed E-state index contributed by atoms with van der Waals surface area (Å²) in [5.74, 6) is 0.0448. The number of piperidine rings is 2. The molecule has 0 aliphatic carbocycles. The van der Waals surface area contributed by atoms with E-state index in [4.69, 9.17) is 46.4 Å². The predicted molar refractivity (Wildman–Crippen MR) is 347 cm³/mol. The van der Waals surface area contributed by atoms with Crippen molar-refractivity contribution in [2.75, 3.05) is 78.3 Å². The second-order valence-electron chi connectivity index (χ2n) is 21.5. The number of nitrogens with one attached hydrogen (secondary N) is 2. The fourth-order valence-corrected chi connectivity index (χ4v) is 11.4. The molecule has 6 aromatic carbocycles. The summed E-state index contributed by atoms with van der Waals surface area (Å²) in [6.45, 7) is 7.07. The van der Waals surface area contributed by atoms with Crippen molar-refractivity contribution >= 4 is 106 Å². The molecule has 2 aliphatic rings. The number of unbranched alkanes of at least 4 members (excludes halogenated alkanes) is 2. The van der Waals surface area contributed by atoms with Crippen molar-refractivity contribution in [3.05, 3.63) is 199 Å². The molecule has 4 N–H and O–H groups in total. The molecular formula is C64H80Cl6N8O5. The van der Waals surface area contributed by atoms with Gasteiger partial charge in [0.05, 0.1) is 43.3 Å². The van der Waals surface area contributed by atoms with Crippen molar-refractivity contribution in [3.8, 4) is 0 Å². The molecule has 0 saturated carbocycles. The minimum atomic E-state index is -0.589. The van der Waals surface area contributed by atoms with E-state index in [1.165, 1.54) is 0 Å². The van der Waals surface area contributed by atoms with E-state index in [2.05, 4.69) is 58.5 Å². The highest BCUT2D eigenvalue weighted by Gasteiger charge is 2.45. The number of hydrogen-bond acceptors (Lipinski definition) is 6. The molecule has 0 radical (unpaired) electrons. The van der Waals surface area contributed by atoms with Gasteiger partial charge in [0.2, 0.25) is 0 Å². The first-order valence-corrected chi connectivity index (χ1v) is 29.1. The average Bonchev–Trinajstić information content (AvgIpc) is 3.51. The number of carbonyl (C=O) groups excluding carboxylic acids is 4. The number of benzene rings is 6. The Morgan fingerprint density at radius 2 is 0.831 bits per heavy atom. The van der Waals surface area contributed by atoms with Crippen LogP contribution in [-0.2, 0) is 11.1 Å². The number of nitrogens with zero attached hydrogens (tertiary/aromatic N) is 6. The normalized spacial score (nSPS) is 18.1. The Bertz CT molecular complexity index is 2850. The molecule has 19 heteroatoms. The van der Waals surface area contributed by atoms with Crippen molar-refractivity contribution in [1.82, 2.24) is 30.2 Å². The van der Waals surface area contributed by atoms with Gasteiger partial charge in [0.25, 0.3) is 11.8 Å². The molecule has 83 heavy (non-hydrogen) atoms. The van der Waals surface area contributed by atoms with E-state index in [9.17, 15) is 19.2 Å². The molecule has 6 amide bonds. The van der Waals surface area contributed by atoms with Crippen LogP contribution < -0.4 is 20.4 Å². The first kappa shape index (κ1) is 69.6. The summed E-state index contributed by atoms with van der Waals surface area (Å²) in [5, 5.41) is 8.68. The second-order valence-corrected chi connectivity index (χ2v) is 23.1. The monoisotopic (exact) mass is 1250 g/mol. The van der Waals surface area contributed by atoms with Crippen LogP contribution in [0.4, 0.5) is 21.0 Å². The number of carbonyl (C=O) groups is 4. The number of rotatable bonds is 16. The number of amides is 6. The van der Waals surface area contributed by atoms with Crippen LogP contribution in [0.25, 0.3) is 0 Å². The lowest BCUT2D eigenvalue weighted by Crippen LogP contribution is -2.56. The summed E-state index contributed by atoms with van der Waals surface area (Å²) in [4.78, 5) is 63.3.